The van der Waals surface area contributed by atoms with E-state index in [0.29, 0.717) is 10.8 Å². The van der Waals surface area contributed by atoms with Crippen molar-refractivity contribution in [2.75, 3.05) is 5.32 Å². The molecule has 0 radical (unpaired) electrons. The molecule has 146 valence electrons. The normalized spacial score (nSPS) is 11.2. The van der Waals surface area contributed by atoms with Crippen LogP contribution in [0, 0.1) is 0 Å². The van der Waals surface area contributed by atoms with Crippen molar-refractivity contribution in [3.8, 4) is 17.1 Å². The molecule has 9 heteroatoms. The van der Waals surface area contributed by atoms with Gasteiger partial charge in [0, 0.05) is 27.8 Å². The average Bonchev–Trinajstić information content (AvgIpc) is 3.17. The highest BCUT2D eigenvalue weighted by Crippen LogP contribution is 2.28. The summed E-state index contributed by atoms with van der Waals surface area (Å²) >= 11 is 4.71. The summed E-state index contributed by atoms with van der Waals surface area (Å²) in [6, 6.07) is 18.6. The van der Waals surface area contributed by atoms with Crippen molar-refractivity contribution in [2.45, 2.75) is 4.90 Å². The maximum Gasteiger partial charge on any atom is 0.339 e. The first-order valence-electron chi connectivity index (χ1n) is 8.44. The van der Waals surface area contributed by atoms with Gasteiger partial charge in [-0.25, -0.2) is 4.98 Å². The molecule has 1 N–H and O–H groups in total. The van der Waals surface area contributed by atoms with Gasteiger partial charge in [-0.15, -0.1) is 11.3 Å². The predicted octanol–water partition coefficient (Wildman–Crippen LogP) is 5.48. The molecule has 0 atom stereocenters. The van der Waals surface area contributed by atoms with Crippen molar-refractivity contribution in [3.05, 3.63) is 82.8 Å². The van der Waals surface area contributed by atoms with E-state index in [-0.39, 0.29) is 10.6 Å². The maximum atomic E-state index is 12.5. The smallest absolute Gasteiger partial charge is 0.339 e. The van der Waals surface area contributed by atoms with Gasteiger partial charge in [0.15, 0.2) is 5.13 Å². The summed E-state index contributed by atoms with van der Waals surface area (Å²) in [6.45, 7) is 0. The standard InChI is InChI=1S/C20H14BrN3O3S2/c21-14-7-9-17(10-8-14)29(25,26)27-16-5-3-4-15(12-16)23-20-24-19(13-28-20)18-6-1-2-11-22-18/h1-13H,(H,23,24). The minimum absolute atomic E-state index is 0.0824. The zero-order chi connectivity index (χ0) is 20.3. The second kappa shape index (κ2) is 8.32. The fraction of sp³-hybridized carbons (Fsp3) is 0. The van der Waals surface area contributed by atoms with E-state index in [2.05, 4.69) is 31.2 Å². The molecular formula is C20H14BrN3O3S2. The first-order chi connectivity index (χ1) is 14.0. The topological polar surface area (TPSA) is 81.2 Å². The number of hydrogen-bond acceptors (Lipinski definition) is 7. The van der Waals surface area contributed by atoms with E-state index < -0.39 is 10.1 Å². The van der Waals surface area contributed by atoms with Gasteiger partial charge in [-0.2, -0.15) is 8.42 Å². The lowest BCUT2D eigenvalue weighted by molar-refractivity contribution is 0.486. The second-order valence-corrected chi connectivity index (χ2v) is 9.22. The molecule has 0 unspecified atom stereocenters. The zero-order valence-electron chi connectivity index (χ0n) is 14.8. The molecule has 0 spiro atoms. The highest BCUT2D eigenvalue weighted by molar-refractivity contribution is 9.10. The Morgan fingerprint density at radius 3 is 2.55 bits per heavy atom. The molecule has 0 saturated heterocycles. The van der Waals surface area contributed by atoms with Crippen molar-refractivity contribution < 1.29 is 12.6 Å². The molecule has 0 aliphatic rings. The summed E-state index contributed by atoms with van der Waals surface area (Å²) in [5.41, 5.74) is 2.22. The fourth-order valence-corrected chi connectivity index (χ4v) is 4.40. The molecule has 0 bridgehead atoms. The van der Waals surface area contributed by atoms with E-state index in [1.807, 2.05) is 23.6 Å². The molecule has 29 heavy (non-hydrogen) atoms. The SMILES string of the molecule is O=S(=O)(Oc1cccc(Nc2nc(-c3ccccn3)cs2)c1)c1ccc(Br)cc1. The zero-order valence-corrected chi connectivity index (χ0v) is 18.0. The van der Waals surface area contributed by atoms with Crippen LogP contribution in [0.2, 0.25) is 0 Å². The van der Waals surface area contributed by atoms with Crippen LogP contribution in [-0.4, -0.2) is 18.4 Å². The molecule has 2 aromatic carbocycles. The lowest BCUT2D eigenvalue weighted by Crippen LogP contribution is -2.09. The number of thiazole rings is 1. The minimum Gasteiger partial charge on any atom is -0.379 e. The van der Waals surface area contributed by atoms with Crippen molar-refractivity contribution >= 4 is 48.2 Å². The molecule has 4 aromatic rings. The number of aromatic nitrogens is 2. The van der Waals surface area contributed by atoms with E-state index in [4.69, 9.17) is 4.18 Å². The summed E-state index contributed by atoms with van der Waals surface area (Å²) in [5.74, 6) is 0.208. The number of benzene rings is 2. The van der Waals surface area contributed by atoms with Crippen LogP contribution >= 0.6 is 27.3 Å². The third-order valence-corrected chi connectivity index (χ3v) is 6.37. The van der Waals surface area contributed by atoms with Crippen molar-refractivity contribution in [3.63, 3.8) is 0 Å². The Kier molecular flexibility index (Phi) is 5.61. The number of pyridine rings is 1. The van der Waals surface area contributed by atoms with E-state index in [1.165, 1.54) is 23.5 Å². The molecule has 2 aromatic heterocycles. The Hall–Kier alpha value is -2.75. The number of nitrogens with zero attached hydrogens (tertiary/aromatic N) is 2. The molecule has 0 aliphatic carbocycles. The highest BCUT2D eigenvalue weighted by atomic mass is 79.9. The molecular weight excluding hydrogens is 474 g/mol. The van der Waals surface area contributed by atoms with Gasteiger partial charge in [-0.1, -0.05) is 28.1 Å². The van der Waals surface area contributed by atoms with Crippen LogP contribution in [-0.2, 0) is 10.1 Å². The van der Waals surface area contributed by atoms with Gasteiger partial charge in [-0.3, -0.25) is 4.98 Å². The molecule has 0 saturated carbocycles. The molecule has 0 fully saturated rings. The van der Waals surface area contributed by atoms with Crippen LogP contribution in [0.15, 0.2) is 87.7 Å². The van der Waals surface area contributed by atoms with Crippen LogP contribution in [0.5, 0.6) is 5.75 Å². The summed E-state index contributed by atoms with van der Waals surface area (Å²) < 4.78 is 31.0. The minimum atomic E-state index is -3.92. The third kappa shape index (κ3) is 4.81. The number of hydrogen-bond donors (Lipinski definition) is 1. The largest absolute Gasteiger partial charge is 0.379 e. The highest BCUT2D eigenvalue weighted by Gasteiger charge is 2.17. The van der Waals surface area contributed by atoms with Crippen LogP contribution in [0.25, 0.3) is 11.4 Å². The van der Waals surface area contributed by atoms with Crippen LogP contribution in [0.3, 0.4) is 0 Å². The number of nitrogens with one attached hydrogen (secondary N) is 1. The lowest BCUT2D eigenvalue weighted by atomic mass is 10.3. The summed E-state index contributed by atoms with van der Waals surface area (Å²) in [5, 5.41) is 5.74. The maximum absolute atomic E-state index is 12.5. The van der Waals surface area contributed by atoms with Gasteiger partial charge in [0.1, 0.15) is 16.3 Å². The lowest BCUT2D eigenvalue weighted by Gasteiger charge is -2.09. The number of halogens is 1. The monoisotopic (exact) mass is 487 g/mol. The molecule has 0 aliphatic heterocycles. The Balaban J connectivity index is 1.51. The Morgan fingerprint density at radius 1 is 0.966 bits per heavy atom. The number of anilines is 2. The van der Waals surface area contributed by atoms with E-state index in [9.17, 15) is 8.42 Å². The molecule has 4 rings (SSSR count). The van der Waals surface area contributed by atoms with Gasteiger partial charge in [0.05, 0.1) is 5.69 Å². The Labute approximate surface area is 180 Å². The van der Waals surface area contributed by atoms with Crippen LogP contribution in [0.4, 0.5) is 10.8 Å². The molecule has 2 heterocycles. The van der Waals surface area contributed by atoms with Gasteiger partial charge in [-0.05, 0) is 48.5 Å². The predicted molar refractivity (Wildman–Crippen MR) is 117 cm³/mol. The van der Waals surface area contributed by atoms with Crippen LogP contribution in [0.1, 0.15) is 0 Å². The van der Waals surface area contributed by atoms with Gasteiger partial charge in [0.25, 0.3) is 0 Å². The van der Waals surface area contributed by atoms with Crippen molar-refractivity contribution in [1.29, 1.82) is 0 Å². The quantitative estimate of drug-likeness (QED) is 0.362. The average molecular weight is 488 g/mol. The second-order valence-electron chi connectivity index (χ2n) is 5.90. The first-order valence-corrected chi connectivity index (χ1v) is 11.5. The third-order valence-electron chi connectivity index (χ3n) is 3.83. The Morgan fingerprint density at radius 2 is 1.79 bits per heavy atom. The van der Waals surface area contributed by atoms with Crippen molar-refractivity contribution in [1.82, 2.24) is 9.97 Å². The van der Waals surface area contributed by atoms with Gasteiger partial charge >= 0.3 is 10.1 Å². The van der Waals surface area contributed by atoms with E-state index in [0.717, 1.165) is 15.9 Å². The summed E-state index contributed by atoms with van der Waals surface area (Å²) in [6.07, 6.45) is 1.72. The fourth-order valence-electron chi connectivity index (χ4n) is 2.49. The number of rotatable bonds is 6. The summed E-state index contributed by atoms with van der Waals surface area (Å²) in [7, 11) is -3.92. The van der Waals surface area contributed by atoms with Crippen LogP contribution < -0.4 is 9.50 Å². The van der Waals surface area contributed by atoms with E-state index in [1.54, 1.807) is 42.6 Å². The van der Waals surface area contributed by atoms with Crippen molar-refractivity contribution in [2.24, 2.45) is 0 Å². The van der Waals surface area contributed by atoms with Gasteiger partial charge in [0.2, 0.25) is 0 Å². The van der Waals surface area contributed by atoms with Gasteiger partial charge < -0.3 is 9.50 Å². The summed E-state index contributed by atoms with van der Waals surface area (Å²) in [4.78, 5) is 8.88. The Bertz CT molecular complexity index is 1230. The first kappa shape index (κ1) is 19.6. The molecule has 0 amide bonds. The van der Waals surface area contributed by atoms with E-state index >= 15 is 0 Å². The molecule has 6 nitrogen and oxygen atoms in total.